The van der Waals surface area contributed by atoms with Gasteiger partial charge in [-0.05, 0) is 41.5 Å². The van der Waals surface area contributed by atoms with Gasteiger partial charge < -0.3 is 4.74 Å². The monoisotopic (exact) mass is 197 g/mol. The molecule has 74 valence electrons. The Kier molecular flexibility index (Phi) is 2.31. The summed E-state index contributed by atoms with van der Waals surface area (Å²) in [6.45, 7) is 2.02. The predicted molar refractivity (Wildman–Crippen MR) is 60.0 cm³/mol. The van der Waals surface area contributed by atoms with Crippen LogP contribution in [0.15, 0.2) is 30.3 Å². The van der Waals surface area contributed by atoms with Crippen molar-refractivity contribution in [2.45, 2.75) is 6.92 Å². The van der Waals surface area contributed by atoms with Crippen molar-refractivity contribution < 1.29 is 4.74 Å². The lowest BCUT2D eigenvalue weighted by molar-refractivity contribution is 0.412. The molecule has 0 unspecified atom stereocenters. The average Bonchev–Trinajstić information content (AvgIpc) is 2.29. The lowest BCUT2D eigenvalue weighted by Gasteiger charge is -2.07. The Morgan fingerprint density at radius 1 is 1.20 bits per heavy atom. The molecule has 0 aliphatic heterocycles. The Morgan fingerprint density at radius 3 is 2.67 bits per heavy atom. The molecule has 2 aromatic rings. The van der Waals surface area contributed by atoms with Crippen molar-refractivity contribution in [2.75, 3.05) is 7.11 Å². The first-order valence-electron chi connectivity index (χ1n) is 4.73. The molecule has 0 bridgehead atoms. The fourth-order valence-electron chi connectivity index (χ4n) is 1.76. The minimum Gasteiger partial charge on any atom is -0.496 e. The molecule has 0 heterocycles. The first-order chi connectivity index (χ1) is 7.26. The summed E-state index contributed by atoms with van der Waals surface area (Å²) in [5, 5.41) is 11.0. The fourth-order valence-corrected chi connectivity index (χ4v) is 1.76. The van der Waals surface area contributed by atoms with Gasteiger partial charge in [0.25, 0.3) is 0 Å². The number of hydrogen-bond donors (Lipinski definition) is 0. The van der Waals surface area contributed by atoms with E-state index in [4.69, 9.17) is 10.00 Å². The van der Waals surface area contributed by atoms with E-state index in [1.54, 1.807) is 7.11 Å². The third-order valence-corrected chi connectivity index (χ3v) is 2.59. The van der Waals surface area contributed by atoms with E-state index in [-0.39, 0.29) is 0 Å². The van der Waals surface area contributed by atoms with E-state index in [0.29, 0.717) is 5.56 Å². The van der Waals surface area contributed by atoms with E-state index in [1.165, 1.54) is 0 Å². The maximum Gasteiger partial charge on any atom is 0.122 e. The summed E-state index contributed by atoms with van der Waals surface area (Å²) >= 11 is 0. The Bertz CT molecular complexity index is 552. The normalized spacial score (nSPS) is 9.93. The van der Waals surface area contributed by atoms with Crippen LogP contribution in [0.2, 0.25) is 0 Å². The zero-order valence-corrected chi connectivity index (χ0v) is 8.74. The van der Waals surface area contributed by atoms with Crippen molar-refractivity contribution in [2.24, 2.45) is 0 Å². The van der Waals surface area contributed by atoms with Gasteiger partial charge in [0.1, 0.15) is 5.75 Å². The van der Waals surface area contributed by atoms with Gasteiger partial charge in [0.05, 0.1) is 18.7 Å². The molecule has 0 aliphatic rings. The van der Waals surface area contributed by atoms with Crippen LogP contribution in [0.25, 0.3) is 10.8 Å². The van der Waals surface area contributed by atoms with E-state index in [0.717, 1.165) is 22.1 Å². The number of benzene rings is 2. The van der Waals surface area contributed by atoms with E-state index in [1.807, 2.05) is 37.3 Å². The van der Waals surface area contributed by atoms with Crippen molar-refractivity contribution in [1.29, 1.82) is 5.26 Å². The highest BCUT2D eigenvalue weighted by Crippen LogP contribution is 2.27. The molecule has 2 rings (SSSR count). The van der Waals surface area contributed by atoms with E-state index < -0.39 is 0 Å². The van der Waals surface area contributed by atoms with Crippen LogP contribution in [0.4, 0.5) is 0 Å². The lowest BCUT2D eigenvalue weighted by Crippen LogP contribution is -1.88. The standard InChI is InChI=1S/C13H11NO/c1-9-12-5-3-10(8-14)7-11(12)4-6-13(9)15-2/h3-7H,1-2H3. The highest BCUT2D eigenvalue weighted by molar-refractivity contribution is 5.88. The molecule has 0 aliphatic carbocycles. The van der Waals surface area contributed by atoms with Gasteiger partial charge in [-0.25, -0.2) is 0 Å². The highest BCUT2D eigenvalue weighted by atomic mass is 16.5. The third-order valence-electron chi connectivity index (χ3n) is 2.59. The zero-order chi connectivity index (χ0) is 10.8. The van der Waals surface area contributed by atoms with Gasteiger partial charge in [-0.3, -0.25) is 0 Å². The summed E-state index contributed by atoms with van der Waals surface area (Å²) in [5.41, 5.74) is 1.80. The molecule has 0 spiro atoms. The number of methoxy groups -OCH3 is 1. The number of nitrogens with zero attached hydrogens (tertiary/aromatic N) is 1. The molecular weight excluding hydrogens is 186 g/mol. The smallest absolute Gasteiger partial charge is 0.122 e. The number of aryl methyl sites for hydroxylation is 1. The average molecular weight is 197 g/mol. The van der Waals surface area contributed by atoms with Crippen LogP contribution in [0.5, 0.6) is 5.75 Å². The van der Waals surface area contributed by atoms with E-state index in [9.17, 15) is 0 Å². The van der Waals surface area contributed by atoms with Crippen molar-refractivity contribution in [3.63, 3.8) is 0 Å². The van der Waals surface area contributed by atoms with Gasteiger partial charge in [-0.1, -0.05) is 12.1 Å². The number of rotatable bonds is 1. The maximum absolute atomic E-state index is 8.79. The third kappa shape index (κ3) is 1.53. The molecule has 2 heteroatoms. The van der Waals surface area contributed by atoms with Crippen molar-refractivity contribution in [3.05, 3.63) is 41.5 Å². The Morgan fingerprint density at radius 2 is 2.00 bits per heavy atom. The maximum atomic E-state index is 8.79. The van der Waals surface area contributed by atoms with Gasteiger partial charge in [0.15, 0.2) is 0 Å². The molecular formula is C13H11NO. The largest absolute Gasteiger partial charge is 0.496 e. The van der Waals surface area contributed by atoms with Crippen molar-refractivity contribution >= 4 is 10.8 Å². The van der Waals surface area contributed by atoms with Crippen LogP contribution in [0.1, 0.15) is 11.1 Å². The zero-order valence-electron chi connectivity index (χ0n) is 8.74. The summed E-state index contributed by atoms with van der Waals surface area (Å²) in [6.07, 6.45) is 0. The number of ether oxygens (including phenoxy) is 1. The van der Waals surface area contributed by atoms with Gasteiger partial charge in [0.2, 0.25) is 0 Å². The van der Waals surface area contributed by atoms with Crippen LogP contribution < -0.4 is 4.74 Å². The summed E-state index contributed by atoms with van der Waals surface area (Å²) < 4.78 is 5.24. The molecule has 0 radical (unpaired) electrons. The van der Waals surface area contributed by atoms with Crippen molar-refractivity contribution in [1.82, 2.24) is 0 Å². The molecule has 0 aromatic heterocycles. The molecule has 2 nitrogen and oxygen atoms in total. The number of hydrogen-bond acceptors (Lipinski definition) is 2. The summed E-state index contributed by atoms with van der Waals surface area (Å²) in [7, 11) is 1.66. The molecule has 0 N–H and O–H groups in total. The molecule has 0 saturated heterocycles. The van der Waals surface area contributed by atoms with Gasteiger partial charge >= 0.3 is 0 Å². The van der Waals surface area contributed by atoms with Crippen LogP contribution in [-0.4, -0.2) is 7.11 Å². The second kappa shape index (κ2) is 3.62. The fraction of sp³-hybridized carbons (Fsp3) is 0.154. The van der Waals surface area contributed by atoms with Crippen molar-refractivity contribution in [3.8, 4) is 11.8 Å². The first kappa shape index (κ1) is 9.54. The van der Waals surface area contributed by atoms with Crippen LogP contribution in [0.3, 0.4) is 0 Å². The second-order valence-electron chi connectivity index (χ2n) is 3.44. The molecule has 15 heavy (non-hydrogen) atoms. The SMILES string of the molecule is COc1ccc2cc(C#N)ccc2c1C. The van der Waals surface area contributed by atoms with Crippen LogP contribution in [-0.2, 0) is 0 Å². The minimum atomic E-state index is 0.687. The lowest BCUT2D eigenvalue weighted by atomic mass is 10.0. The predicted octanol–water partition coefficient (Wildman–Crippen LogP) is 3.03. The molecule has 2 aromatic carbocycles. The molecule has 0 atom stereocenters. The quantitative estimate of drug-likeness (QED) is 0.704. The number of fused-ring (bicyclic) bond motifs is 1. The minimum absolute atomic E-state index is 0.687. The number of nitriles is 1. The second-order valence-corrected chi connectivity index (χ2v) is 3.44. The Hall–Kier alpha value is -2.01. The van der Waals surface area contributed by atoms with Gasteiger partial charge in [-0.15, -0.1) is 0 Å². The highest BCUT2D eigenvalue weighted by Gasteiger charge is 2.03. The van der Waals surface area contributed by atoms with Crippen LogP contribution >= 0.6 is 0 Å². The Labute approximate surface area is 88.7 Å². The summed E-state index contributed by atoms with van der Waals surface area (Å²) in [4.78, 5) is 0. The summed E-state index contributed by atoms with van der Waals surface area (Å²) in [6, 6.07) is 11.7. The first-order valence-corrected chi connectivity index (χ1v) is 4.73. The summed E-state index contributed by atoms with van der Waals surface area (Å²) in [5.74, 6) is 0.882. The topological polar surface area (TPSA) is 33.0 Å². The molecule has 0 amide bonds. The molecule has 0 fully saturated rings. The van der Waals surface area contributed by atoms with Gasteiger partial charge in [-0.2, -0.15) is 5.26 Å². The van der Waals surface area contributed by atoms with E-state index in [2.05, 4.69) is 6.07 Å². The van der Waals surface area contributed by atoms with Crippen LogP contribution in [0, 0.1) is 18.3 Å². The molecule has 0 saturated carbocycles. The van der Waals surface area contributed by atoms with E-state index >= 15 is 0 Å². The Balaban J connectivity index is 2.75. The van der Waals surface area contributed by atoms with Gasteiger partial charge in [0, 0.05) is 0 Å².